The van der Waals surface area contributed by atoms with Crippen LogP contribution < -0.4 is 31.9 Å². The van der Waals surface area contributed by atoms with Gasteiger partial charge in [-0.15, -0.1) is 0 Å². The fraction of sp³-hybridized carbons (Fsp3) is 0.450. The number of para-hydroxylation sites is 1. The standard InChI is InChI=1S/C60H74N10O10S/c1-36(43(27-61)41-20-21-48(67-50(41)54(76)77)70-23-22-39-12-11-13-42(44(39)28-70)52(74)68-55-65-45-14-9-10-15-47(45)81-55)63-35-59(6)32-58(5)30-57(3,4)31-60(33-58,34-59)80-25-24-69(8)53(75)46(26-49(71)72)66-56(78)79-29-38-16-18-40(19-17-38)64-51(73)37(2)62-7/h9-21,27,37,46,62H,22-26,28-35,61H2,1-8H3,(H,64,73)(H,66,78)(H,71,72)(H,76,77)(H,65,68,74)/t37?,46-,58?,59?,60?/m0/s1. The summed E-state index contributed by atoms with van der Waals surface area (Å²) < 4.78 is 13.3. The fourth-order valence-electron chi connectivity index (χ4n) is 12.8. The van der Waals surface area contributed by atoms with Crippen molar-refractivity contribution in [3.63, 3.8) is 0 Å². The minimum absolute atomic E-state index is 0.0662. The van der Waals surface area contributed by atoms with Crippen LogP contribution in [0.4, 0.5) is 21.4 Å². The summed E-state index contributed by atoms with van der Waals surface area (Å²) in [4.78, 5) is 95.4. The lowest BCUT2D eigenvalue weighted by atomic mass is 9.48. The Morgan fingerprint density at radius 3 is 2.36 bits per heavy atom. The summed E-state index contributed by atoms with van der Waals surface area (Å²) in [5.74, 6) is -3.17. The summed E-state index contributed by atoms with van der Waals surface area (Å²) in [7, 11) is 3.22. The number of carboxylic acid groups (broad SMARTS) is 2. The number of nitrogens with one attached hydrogen (secondary N) is 4. The second kappa shape index (κ2) is 24.5. The summed E-state index contributed by atoms with van der Waals surface area (Å²) in [6.45, 7) is 13.9. The van der Waals surface area contributed by atoms with Crippen LogP contribution in [0.3, 0.4) is 0 Å². The molecule has 3 aromatic carbocycles. The van der Waals surface area contributed by atoms with E-state index in [1.165, 1.54) is 22.4 Å². The molecular formula is C60H74N10O10S. The zero-order chi connectivity index (χ0) is 58.4. The Hall–Kier alpha value is -7.75. The zero-order valence-electron chi connectivity index (χ0n) is 47.3. The monoisotopic (exact) mass is 1130 g/mol. The SMILES string of the molecule is CNC(C)C(=O)Nc1ccc(COC(=O)N[C@@H](CC(=O)O)C(=O)N(C)CCOC23CC(C)(C)CC(C)(CC(C)(CN=C(C)C(=CN)c4ccc(N5CCc6cccc(C(=O)Nc7nc8ccccc8s7)c6C5)nc4C(=O)O)C2)C3)cc1. The summed E-state index contributed by atoms with van der Waals surface area (Å²) in [5, 5.41) is 31.9. The average molecular weight is 1130 g/mol. The second-order valence-electron chi connectivity index (χ2n) is 23.4. The number of benzene rings is 3. The molecule has 5 atom stereocenters. The molecule has 20 nitrogen and oxygen atoms in total. The quantitative estimate of drug-likeness (QED) is 0.0339. The lowest BCUT2D eigenvalue weighted by molar-refractivity contribution is -0.190. The van der Waals surface area contributed by atoms with E-state index >= 15 is 0 Å². The lowest BCUT2D eigenvalue weighted by Crippen LogP contribution is -2.57. The van der Waals surface area contributed by atoms with E-state index in [1.54, 1.807) is 63.5 Å². The van der Waals surface area contributed by atoms with E-state index in [9.17, 15) is 39.0 Å². The number of fused-ring (bicyclic) bond motifs is 4. The van der Waals surface area contributed by atoms with Crippen molar-refractivity contribution >= 4 is 85.2 Å². The minimum Gasteiger partial charge on any atom is -0.481 e. The van der Waals surface area contributed by atoms with E-state index in [4.69, 9.17) is 25.2 Å². The van der Waals surface area contributed by atoms with Crippen molar-refractivity contribution in [2.24, 2.45) is 27.0 Å². The summed E-state index contributed by atoms with van der Waals surface area (Å²) >= 11 is 1.40. The Morgan fingerprint density at radius 1 is 0.901 bits per heavy atom. The number of aromatic nitrogens is 2. The molecule has 2 fully saturated rings. The number of hydrogen-bond acceptors (Lipinski definition) is 15. The molecule has 4 amide bonds. The topological polar surface area (TPSA) is 280 Å². The molecule has 5 aromatic rings. The molecular weight excluding hydrogens is 1050 g/mol. The van der Waals surface area contributed by atoms with Gasteiger partial charge in [0.2, 0.25) is 11.8 Å². The molecule has 2 aromatic heterocycles. The number of ether oxygens (including phenoxy) is 2. The van der Waals surface area contributed by atoms with Crippen LogP contribution in [-0.2, 0) is 43.4 Å². The van der Waals surface area contributed by atoms with Gasteiger partial charge in [-0.05, 0) is 135 Å². The average Bonchev–Trinajstić information content (AvgIpc) is 3.86. The van der Waals surface area contributed by atoms with Gasteiger partial charge >= 0.3 is 18.0 Å². The van der Waals surface area contributed by atoms with Crippen molar-refractivity contribution in [2.75, 3.05) is 55.9 Å². The second-order valence-corrected chi connectivity index (χ2v) is 24.5. The van der Waals surface area contributed by atoms with E-state index < -0.39 is 48.0 Å². The number of anilines is 3. The van der Waals surface area contributed by atoms with E-state index in [-0.39, 0.29) is 53.5 Å². The van der Waals surface area contributed by atoms with Gasteiger partial charge in [0, 0.05) is 67.5 Å². The Labute approximate surface area is 476 Å². The van der Waals surface area contributed by atoms with Crippen LogP contribution in [0.15, 0.2) is 90.1 Å². The third kappa shape index (κ3) is 14.4. The molecule has 0 saturated heterocycles. The zero-order valence-corrected chi connectivity index (χ0v) is 48.1. The summed E-state index contributed by atoms with van der Waals surface area (Å²) in [6, 6.07) is 21.7. The number of aromatic carboxylic acids is 1. The molecule has 8 rings (SSSR count). The van der Waals surface area contributed by atoms with Gasteiger partial charge in [0.15, 0.2) is 10.8 Å². The highest BCUT2D eigenvalue weighted by Crippen LogP contribution is 2.63. The number of rotatable bonds is 21. The van der Waals surface area contributed by atoms with Gasteiger partial charge in [-0.3, -0.25) is 29.5 Å². The lowest BCUT2D eigenvalue weighted by Gasteiger charge is -2.61. The van der Waals surface area contributed by atoms with Gasteiger partial charge in [-0.1, -0.05) is 75.4 Å². The first-order valence-electron chi connectivity index (χ1n) is 27.2. The number of nitrogens with two attached hydrogens (primary N) is 1. The normalized spacial score (nSPS) is 21.3. The van der Waals surface area contributed by atoms with Crippen LogP contribution in [-0.4, -0.2) is 125 Å². The first-order valence-corrected chi connectivity index (χ1v) is 28.0. The van der Waals surface area contributed by atoms with Crippen molar-refractivity contribution in [3.05, 3.63) is 119 Å². The minimum atomic E-state index is -1.41. The third-order valence-electron chi connectivity index (χ3n) is 15.6. The highest BCUT2D eigenvalue weighted by atomic mass is 32.1. The van der Waals surface area contributed by atoms with Gasteiger partial charge in [0.25, 0.3) is 5.91 Å². The number of carboxylic acids is 2. The molecule has 0 radical (unpaired) electrons. The number of carbonyl (C=O) groups is 6. The Kier molecular flexibility index (Phi) is 18.0. The van der Waals surface area contributed by atoms with E-state index in [1.807, 2.05) is 48.2 Å². The molecule has 4 unspecified atom stereocenters. The molecule has 2 saturated carbocycles. The third-order valence-corrected chi connectivity index (χ3v) is 16.6. The van der Waals surface area contributed by atoms with Gasteiger partial charge in [0.05, 0.1) is 34.9 Å². The van der Waals surface area contributed by atoms with E-state index in [0.717, 1.165) is 47.0 Å². The van der Waals surface area contributed by atoms with Gasteiger partial charge in [0.1, 0.15) is 18.5 Å². The number of allylic oxidation sites excluding steroid dienone is 1. The Bertz CT molecular complexity index is 3230. The molecule has 0 spiro atoms. The van der Waals surface area contributed by atoms with Crippen molar-refractivity contribution in [1.82, 2.24) is 25.5 Å². The summed E-state index contributed by atoms with van der Waals surface area (Å²) in [5.41, 5.74) is 10.6. The molecule has 21 heteroatoms. The number of carbonyl (C=O) groups excluding carboxylic acids is 4. The fourth-order valence-corrected chi connectivity index (χ4v) is 13.7. The van der Waals surface area contributed by atoms with Gasteiger partial charge < -0.3 is 51.2 Å². The maximum atomic E-state index is 13.8. The first-order chi connectivity index (χ1) is 38.4. The number of alkyl carbamates (subject to hydrolysis) is 1. The predicted molar refractivity (Wildman–Crippen MR) is 312 cm³/mol. The maximum Gasteiger partial charge on any atom is 0.408 e. The molecule has 3 aliphatic rings. The maximum absolute atomic E-state index is 13.8. The van der Waals surface area contributed by atoms with Gasteiger partial charge in [-0.2, -0.15) is 0 Å². The Morgan fingerprint density at radius 2 is 1.65 bits per heavy atom. The highest BCUT2D eigenvalue weighted by Gasteiger charge is 2.58. The number of likely N-dealkylation sites (N-methyl/N-ethyl adjacent to an activating group) is 2. The molecule has 430 valence electrons. The molecule has 3 heterocycles. The van der Waals surface area contributed by atoms with E-state index in [0.29, 0.717) is 77.1 Å². The highest BCUT2D eigenvalue weighted by molar-refractivity contribution is 7.22. The number of pyridine rings is 1. The molecule has 2 aliphatic carbocycles. The van der Waals surface area contributed by atoms with Crippen LogP contribution in [0, 0.1) is 16.2 Å². The van der Waals surface area contributed by atoms with Crippen molar-refractivity contribution in [3.8, 4) is 0 Å². The number of amides is 4. The number of nitrogens with zero attached hydrogens (tertiary/aromatic N) is 5. The number of aliphatic imine (C=N–C) groups is 1. The van der Waals surface area contributed by atoms with Crippen molar-refractivity contribution in [1.29, 1.82) is 0 Å². The smallest absolute Gasteiger partial charge is 0.408 e. The first kappa shape index (κ1) is 59.4. The molecule has 81 heavy (non-hydrogen) atoms. The Balaban J connectivity index is 0.905. The number of aliphatic carboxylic acids is 1. The van der Waals surface area contributed by atoms with Crippen molar-refractivity contribution < 1.29 is 48.5 Å². The largest absolute Gasteiger partial charge is 0.481 e. The number of thiazole rings is 1. The predicted octanol–water partition coefficient (Wildman–Crippen LogP) is 8.51. The molecule has 8 N–H and O–H groups in total. The van der Waals surface area contributed by atoms with Crippen LogP contribution in [0.2, 0.25) is 0 Å². The summed E-state index contributed by atoms with van der Waals surface area (Å²) in [6.07, 6.45) is 4.36. The van der Waals surface area contributed by atoms with E-state index in [2.05, 4.69) is 53.9 Å². The van der Waals surface area contributed by atoms with Crippen LogP contribution >= 0.6 is 11.3 Å². The van der Waals surface area contributed by atoms with Crippen molar-refractivity contribution in [2.45, 2.75) is 117 Å². The van der Waals surface area contributed by atoms with Crippen LogP contribution in [0.5, 0.6) is 0 Å². The molecule has 1 aliphatic heterocycles. The number of hydrogen-bond donors (Lipinski definition) is 7. The van der Waals surface area contributed by atoms with Gasteiger partial charge in [-0.25, -0.2) is 19.6 Å². The van der Waals surface area contributed by atoms with Crippen LogP contribution in [0.25, 0.3) is 15.8 Å². The molecule has 2 bridgehead atoms. The van der Waals surface area contributed by atoms with Crippen LogP contribution in [0.1, 0.15) is 123 Å².